The second-order valence-corrected chi connectivity index (χ2v) is 2.74. The van der Waals surface area contributed by atoms with E-state index in [1.54, 1.807) is 0 Å². The number of hydrogen-bond acceptors (Lipinski definition) is 3. The maximum Gasteiger partial charge on any atom is 0.391 e. The first-order valence-electron chi connectivity index (χ1n) is 3.84. The summed E-state index contributed by atoms with van der Waals surface area (Å²) in [6, 6.07) is 0. The Morgan fingerprint density at radius 1 is 1.47 bits per heavy atom. The second-order valence-electron chi connectivity index (χ2n) is 2.74. The third kappa shape index (κ3) is 15.7. The van der Waals surface area contributed by atoms with Gasteiger partial charge in [-0.2, -0.15) is 13.2 Å². The van der Waals surface area contributed by atoms with Crippen LogP contribution in [0.3, 0.4) is 0 Å². The molecule has 15 heavy (non-hydrogen) atoms. The molecule has 0 fully saturated rings. The fraction of sp³-hybridized carbons (Fsp3) is 0.625. The van der Waals surface area contributed by atoms with Gasteiger partial charge < -0.3 is 15.3 Å². The van der Waals surface area contributed by atoms with E-state index in [9.17, 15) is 18.0 Å². The molecule has 0 aromatic rings. The molecule has 0 spiro atoms. The smallest absolute Gasteiger partial charge is 0.391 e. The van der Waals surface area contributed by atoms with Gasteiger partial charge in [0, 0.05) is 5.57 Å². The Balaban J connectivity index is 0. The lowest BCUT2D eigenvalue weighted by Gasteiger charge is -2.08. The maximum atomic E-state index is 11.2. The van der Waals surface area contributed by atoms with Crippen LogP contribution in [-0.4, -0.2) is 40.2 Å². The van der Waals surface area contributed by atoms with Crippen LogP contribution < -0.4 is 0 Å². The predicted molar refractivity (Wildman–Crippen MR) is 46.2 cm³/mol. The van der Waals surface area contributed by atoms with Crippen LogP contribution in [0.25, 0.3) is 0 Å². The highest BCUT2D eigenvalue weighted by molar-refractivity contribution is 5.84. The Morgan fingerprint density at radius 2 is 1.80 bits per heavy atom. The summed E-state index contributed by atoms with van der Waals surface area (Å²) in [5, 5.41) is 24.1. The summed E-state index contributed by atoms with van der Waals surface area (Å²) in [5.41, 5.74) is 0.176. The van der Waals surface area contributed by atoms with Gasteiger partial charge in [-0.05, 0) is 6.92 Å². The van der Waals surface area contributed by atoms with E-state index in [1.807, 2.05) is 0 Å². The molecule has 0 aromatic carbocycles. The van der Waals surface area contributed by atoms with Crippen LogP contribution in [0.1, 0.15) is 13.3 Å². The monoisotopic (exact) mass is 230 g/mol. The standard InChI is InChI=1S/C4H7F3O2.C4H6O2/c5-4(6,7)1-3(9)2-8;1-3(2)4(5)6/h3,8-9H,1-2H2;1H2,2H3,(H,5,6). The highest BCUT2D eigenvalue weighted by Crippen LogP contribution is 2.20. The molecule has 0 saturated carbocycles. The van der Waals surface area contributed by atoms with Crippen molar-refractivity contribution in [3.8, 4) is 0 Å². The van der Waals surface area contributed by atoms with Gasteiger partial charge in [0.05, 0.1) is 19.1 Å². The van der Waals surface area contributed by atoms with Gasteiger partial charge in [0.1, 0.15) is 0 Å². The Morgan fingerprint density at radius 3 is 1.87 bits per heavy atom. The third-order valence-electron chi connectivity index (χ3n) is 1.04. The average Bonchev–Trinajstić information content (AvgIpc) is 2.02. The SMILES string of the molecule is C=C(C)C(=O)O.OCC(O)CC(F)(F)F. The van der Waals surface area contributed by atoms with E-state index in [4.69, 9.17) is 15.3 Å². The maximum absolute atomic E-state index is 11.2. The molecule has 0 saturated heterocycles. The second kappa shape index (κ2) is 7.24. The van der Waals surface area contributed by atoms with Gasteiger partial charge in [-0.25, -0.2) is 4.79 Å². The summed E-state index contributed by atoms with van der Waals surface area (Å²) in [6.07, 6.45) is -7.41. The van der Waals surface area contributed by atoms with Crippen LogP contribution in [-0.2, 0) is 4.79 Å². The number of carboxylic acid groups (broad SMARTS) is 1. The van der Waals surface area contributed by atoms with Crippen molar-refractivity contribution in [3.63, 3.8) is 0 Å². The van der Waals surface area contributed by atoms with Crippen molar-refractivity contribution in [2.75, 3.05) is 6.61 Å². The molecule has 0 aromatic heterocycles. The van der Waals surface area contributed by atoms with Crippen LogP contribution in [0.5, 0.6) is 0 Å². The number of rotatable bonds is 3. The topological polar surface area (TPSA) is 77.8 Å². The first-order chi connectivity index (χ1) is 6.60. The predicted octanol–water partition coefficient (Wildman–Crippen LogP) is 0.939. The van der Waals surface area contributed by atoms with E-state index in [1.165, 1.54) is 6.92 Å². The highest BCUT2D eigenvalue weighted by Gasteiger charge is 2.30. The number of alkyl halides is 3. The molecule has 0 rings (SSSR count). The van der Waals surface area contributed by atoms with Crippen LogP contribution in [0.2, 0.25) is 0 Å². The van der Waals surface area contributed by atoms with Gasteiger partial charge in [0.2, 0.25) is 0 Å². The molecule has 0 bridgehead atoms. The zero-order chi connectivity index (χ0) is 12.6. The lowest BCUT2D eigenvalue weighted by molar-refractivity contribution is -0.157. The lowest BCUT2D eigenvalue weighted by Crippen LogP contribution is -2.21. The van der Waals surface area contributed by atoms with E-state index in [2.05, 4.69) is 6.58 Å². The van der Waals surface area contributed by atoms with Crippen LogP contribution >= 0.6 is 0 Å². The number of halogens is 3. The zero-order valence-electron chi connectivity index (χ0n) is 8.08. The summed E-state index contributed by atoms with van der Waals surface area (Å²) < 4.78 is 33.7. The van der Waals surface area contributed by atoms with Gasteiger partial charge in [-0.1, -0.05) is 6.58 Å². The zero-order valence-corrected chi connectivity index (χ0v) is 8.08. The van der Waals surface area contributed by atoms with Crippen LogP contribution in [0, 0.1) is 0 Å². The van der Waals surface area contributed by atoms with Crippen molar-refractivity contribution >= 4 is 5.97 Å². The summed E-state index contributed by atoms with van der Waals surface area (Å²) >= 11 is 0. The highest BCUT2D eigenvalue weighted by atomic mass is 19.4. The van der Waals surface area contributed by atoms with Crippen LogP contribution in [0.4, 0.5) is 13.2 Å². The molecule has 1 atom stereocenters. The number of carbonyl (C=O) groups is 1. The normalized spacial score (nSPS) is 12.4. The molecule has 3 N–H and O–H groups in total. The Labute approximate surface area is 84.7 Å². The van der Waals surface area contributed by atoms with Gasteiger partial charge in [0.25, 0.3) is 0 Å². The molecule has 7 heteroatoms. The third-order valence-corrected chi connectivity index (χ3v) is 1.04. The number of aliphatic hydroxyl groups excluding tert-OH is 2. The van der Waals surface area contributed by atoms with Crippen LogP contribution in [0.15, 0.2) is 12.2 Å². The molecular formula is C8H13F3O4. The van der Waals surface area contributed by atoms with E-state index in [-0.39, 0.29) is 5.57 Å². The minimum Gasteiger partial charge on any atom is -0.478 e. The van der Waals surface area contributed by atoms with E-state index >= 15 is 0 Å². The Hall–Kier alpha value is -1.08. The molecule has 1 unspecified atom stereocenters. The summed E-state index contributed by atoms with van der Waals surface area (Å²) in [5.74, 6) is -0.935. The Kier molecular flexibility index (Phi) is 7.90. The van der Waals surface area contributed by atoms with E-state index in [0.29, 0.717) is 0 Å². The van der Waals surface area contributed by atoms with Crippen molar-refractivity contribution < 1.29 is 33.3 Å². The molecule has 0 aliphatic carbocycles. The van der Waals surface area contributed by atoms with Gasteiger partial charge in [0.15, 0.2) is 0 Å². The largest absolute Gasteiger partial charge is 0.478 e. The van der Waals surface area contributed by atoms with E-state index in [0.717, 1.165) is 0 Å². The fourth-order valence-electron chi connectivity index (χ4n) is 0.332. The number of aliphatic hydroxyl groups is 2. The Bertz CT molecular complexity index is 200. The number of aliphatic carboxylic acids is 1. The first kappa shape index (κ1) is 16.4. The number of carboxylic acids is 1. The van der Waals surface area contributed by atoms with Crippen molar-refractivity contribution in [2.24, 2.45) is 0 Å². The van der Waals surface area contributed by atoms with Crippen molar-refractivity contribution in [1.29, 1.82) is 0 Å². The average molecular weight is 230 g/mol. The number of hydrogen-bond donors (Lipinski definition) is 3. The molecule has 90 valence electrons. The van der Waals surface area contributed by atoms with Gasteiger partial charge >= 0.3 is 12.1 Å². The molecular weight excluding hydrogens is 217 g/mol. The molecule has 0 amide bonds. The van der Waals surface area contributed by atoms with Crippen molar-refractivity contribution in [2.45, 2.75) is 25.6 Å². The molecule has 0 aliphatic rings. The van der Waals surface area contributed by atoms with Gasteiger partial charge in [-0.3, -0.25) is 0 Å². The summed E-state index contributed by atoms with van der Waals surface area (Å²) in [6.45, 7) is 3.75. The molecule has 4 nitrogen and oxygen atoms in total. The van der Waals surface area contributed by atoms with Crippen molar-refractivity contribution in [3.05, 3.63) is 12.2 Å². The minimum absolute atomic E-state index is 0.176. The van der Waals surface area contributed by atoms with E-state index < -0.39 is 31.3 Å². The molecule has 0 heterocycles. The molecule has 0 radical (unpaired) electrons. The minimum atomic E-state index is -4.39. The summed E-state index contributed by atoms with van der Waals surface area (Å²) in [7, 11) is 0. The fourth-order valence-corrected chi connectivity index (χ4v) is 0.332. The van der Waals surface area contributed by atoms with Gasteiger partial charge in [-0.15, -0.1) is 0 Å². The quantitative estimate of drug-likeness (QED) is 0.630. The first-order valence-corrected chi connectivity index (χ1v) is 3.84. The molecule has 0 aliphatic heterocycles. The van der Waals surface area contributed by atoms with Crippen molar-refractivity contribution in [1.82, 2.24) is 0 Å². The summed E-state index contributed by atoms with van der Waals surface area (Å²) in [4.78, 5) is 9.60. The lowest BCUT2D eigenvalue weighted by atomic mass is 10.3.